The Morgan fingerprint density at radius 2 is 1.63 bits per heavy atom. The van der Waals surface area contributed by atoms with Crippen LogP contribution in [0.3, 0.4) is 0 Å². The number of furan rings is 1. The lowest BCUT2D eigenvalue weighted by molar-refractivity contribution is -0.137. The lowest BCUT2D eigenvalue weighted by atomic mass is 9.98. The number of unbranched alkanes of at least 4 members (excludes halogenated alkanes) is 1. The Bertz CT molecular complexity index is 1170. The molecule has 0 spiro atoms. The standard InChI is InChI=1S/C27H28N2O6/c1-29(15-7-6-12-25(30)31)26(32)24-14-13-18(35-24)16-28-27(33)34-17-23-21-10-4-2-8-19(21)20-9-3-5-11-22(20)23/h2-5,8-11,13-14,23H,6-7,12,15-17H2,1H3,(H,28,33)(H,30,31). The van der Waals surface area contributed by atoms with E-state index in [4.69, 9.17) is 14.3 Å². The van der Waals surface area contributed by atoms with Crippen LogP contribution in [-0.4, -0.2) is 48.2 Å². The fourth-order valence-electron chi connectivity index (χ4n) is 4.31. The Kier molecular flexibility index (Phi) is 7.50. The topological polar surface area (TPSA) is 109 Å². The van der Waals surface area contributed by atoms with Crippen LogP contribution in [0.1, 0.15) is 52.6 Å². The van der Waals surface area contributed by atoms with Crippen molar-refractivity contribution in [1.82, 2.24) is 10.2 Å². The molecule has 2 amide bonds. The Hall–Kier alpha value is -4.07. The number of rotatable bonds is 10. The van der Waals surface area contributed by atoms with Gasteiger partial charge in [0.2, 0.25) is 0 Å². The number of hydrogen-bond donors (Lipinski definition) is 2. The predicted octanol–water partition coefficient (Wildman–Crippen LogP) is 4.65. The molecule has 0 aliphatic heterocycles. The molecule has 4 rings (SSSR count). The first-order chi connectivity index (χ1) is 16.9. The van der Waals surface area contributed by atoms with Crippen molar-refractivity contribution in [2.24, 2.45) is 0 Å². The van der Waals surface area contributed by atoms with Crippen LogP contribution in [-0.2, 0) is 16.1 Å². The summed E-state index contributed by atoms with van der Waals surface area (Å²) in [6.07, 6.45) is 0.604. The first kappa shape index (κ1) is 24.1. The van der Waals surface area contributed by atoms with E-state index in [1.54, 1.807) is 19.2 Å². The van der Waals surface area contributed by atoms with Gasteiger partial charge in [0.1, 0.15) is 12.4 Å². The molecular weight excluding hydrogens is 448 g/mol. The van der Waals surface area contributed by atoms with Crippen molar-refractivity contribution >= 4 is 18.0 Å². The summed E-state index contributed by atoms with van der Waals surface area (Å²) in [5.74, 6) is -0.575. The minimum Gasteiger partial charge on any atom is -0.481 e. The highest BCUT2D eigenvalue weighted by molar-refractivity contribution is 5.91. The Labute approximate surface area is 203 Å². The van der Waals surface area contributed by atoms with Crippen LogP contribution in [0.25, 0.3) is 11.1 Å². The maximum absolute atomic E-state index is 12.5. The Morgan fingerprint density at radius 3 is 2.29 bits per heavy atom. The summed E-state index contributed by atoms with van der Waals surface area (Å²) in [7, 11) is 1.64. The van der Waals surface area contributed by atoms with E-state index in [1.807, 2.05) is 24.3 Å². The number of benzene rings is 2. The van der Waals surface area contributed by atoms with E-state index in [-0.39, 0.29) is 37.2 Å². The summed E-state index contributed by atoms with van der Waals surface area (Å²) in [6.45, 7) is 0.737. The van der Waals surface area contributed by atoms with Gasteiger partial charge >= 0.3 is 12.1 Å². The zero-order valence-corrected chi connectivity index (χ0v) is 19.5. The Balaban J connectivity index is 1.26. The quantitative estimate of drug-likeness (QED) is 0.413. The molecule has 3 aromatic rings. The van der Waals surface area contributed by atoms with E-state index in [0.717, 1.165) is 22.3 Å². The van der Waals surface area contributed by atoms with Crippen molar-refractivity contribution < 1.29 is 28.6 Å². The molecule has 8 heteroatoms. The fraction of sp³-hybridized carbons (Fsp3) is 0.296. The molecule has 2 aromatic carbocycles. The molecule has 0 radical (unpaired) electrons. The number of ether oxygens (including phenoxy) is 1. The van der Waals surface area contributed by atoms with Gasteiger partial charge in [0.15, 0.2) is 5.76 Å². The van der Waals surface area contributed by atoms with Gasteiger partial charge in [-0.1, -0.05) is 48.5 Å². The van der Waals surface area contributed by atoms with E-state index in [9.17, 15) is 14.4 Å². The monoisotopic (exact) mass is 476 g/mol. The molecule has 2 N–H and O–H groups in total. The number of carboxylic acid groups (broad SMARTS) is 1. The van der Waals surface area contributed by atoms with Crippen LogP contribution in [0.5, 0.6) is 0 Å². The summed E-state index contributed by atoms with van der Waals surface area (Å²) in [6, 6.07) is 19.5. The van der Waals surface area contributed by atoms with Crippen LogP contribution in [0.15, 0.2) is 65.1 Å². The molecule has 1 aliphatic carbocycles. The molecule has 8 nitrogen and oxygen atoms in total. The zero-order valence-electron chi connectivity index (χ0n) is 19.5. The van der Waals surface area contributed by atoms with E-state index >= 15 is 0 Å². The number of carbonyl (C=O) groups is 3. The van der Waals surface area contributed by atoms with E-state index in [0.29, 0.717) is 25.1 Å². The maximum Gasteiger partial charge on any atom is 0.407 e. The van der Waals surface area contributed by atoms with E-state index in [2.05, 4.69) is 29.6 Å². The number of alkyl carbamates (subject to hydrolysis) is 1. The van der Waals surface area contributed by atoms with Crippen LogP contribution < -0.4 is 5.32 Å². The summed E-state index contributed by atoms with van der Waals surface area (Å²) in [5, 5.41) is 11.4. The highest BCUT2D eigenvalue weighted by atomic mass is 16.5. The van der Waals surface area contributed by atoms with Gasteiger partial charge in [-0.15, -0.1) is 0 Å². The van der Waals surface area contributed by atoms with Gasteiger partial charge in [-0.3, -0.25) is 9.59 Å². The van der Waals surface area contributed by atoms with Gasteiger partial charge in [-0.25, -0.2) is 4.79 Å². The van der Waals surface area contributed by atoms with Crippen molar-refractivity contribution in [3.63, 3.8) is 0 Å². The molecule has 35 heavy (non-hydrogen) atoms. The largest absolute Gasteiger partial charge is 0.481 e. The van der Waals surface area contributed by atoms with Gasteiger partial charge in [-0.2, -0.15) is 0 Å². The number of hydrogen-bond acceptors (Lipinski definition) is 5. The van der Waals surface area contributed by atoms with Crippen molar-refractivity contribution in [2.75, 3.05) is 20.2 Å². The lowest BCUT2D eigenvalue weighted by Gasteiger charge is -2.15. The number of amides is 2. The zero-order chi connectivity index (χ0) is 24.8. The number of nitrogens with one attached hydrogen (secondary N) is 1. The van der Waals surface area contributed by atoms with Gasteiger partial charge in [0.25, 0.3) is 5.91 Å². The van der Waals surface area contributed by atoms with Crippen molar-refractivity contribution in [3.8, 4) is 11.1 Å². The van der Waals surface area contributed by atoms with Crippen LogP contribution in [0.4, 0.5) is 4.79 Å². The average molecular weight is 477 g/mol. The van der Waals surface area contributed by atoms with Crippen LogP contribution >= 0.6 is 0 Å². The molecule has 0 atom stereocenters. The molecule has 0 fully saturated rings. The third-order valence-electron chi connectivity index (χ3n) is 6.10. The van der Waals surface area contributed by atoms with Crippen molar-refractivity contribution in [3.05, 3.63) is 83.3 Å². The van der Waals surface area contributed by atoms with E-state index in [1.165, 1.54) is 4.90 Å². The molecule has 1 aliphatic rings. The molecule has 0 saturated heterocycles. The van der Waals surface area contributed by atoms with Crippen molar-refractivity contribution in [1.29, 1.82) is 0 Å². The van der Waals surface area contributed by atoms with Gasteiger partial charge in [0.05, 0.1) is 6.54 Å². The van der Waals surface area contributed by atoms with Crippen LogP contribution in [0.2, 0.25) is 0 Å². The third kappa shape index (κ3) is 5.71. The number of nitrogens with zero attached hydrogens (tertiary/aromatic N) is 1. The third-order valence-corrected chi connectivity index (χ3v) is 6.10. The first-order valence-electron chi connectivity index (χ1n) is 11.6. The van der Waals surface area contributed by atoms with Gasteiger partial charge in [-0.05, 0) is 47.2 Å². The molecule has 182 valence electrons. The highest BCUT2D eigenvalue weighted by Crippen LogP contribution is 2.44. The minimum atomic E-state index is -0.849. The predicted molar refractivity (Wildman–Crippen MR) is 129 cm³/mol. The highest BCUT2D eigenvalue weighted by Gasteiger charge is 2.29. The second-order valence-corrected chi connectivity index (χ2v) is 8.52. The average Bonchev–Trinajstić information content (AvgIpc) is 3.46. The maximum atomic E-state index is 12.5. The second kappa shape index (κ2) is 10.9. The van der Waals surface area contributed by atoms with E-state index < -0.39 is 12.1 Å². The normalized spacial score (nSPS) is 12.0. The second-order valence-electron chi connectivity index (χ2n) is 8.52. The first-order valence-corrected chi connectivity index (χ1v) is 11.6. The van der Waals surface area contributed by atoms with Gasteiger partial charge in [0, 0.05) is 25.9 Å². The summed E-state index contributed by atoms with van der Waals surface area (Å²) < 4.78 is 11.1. The van der Waals surface area contributed by atoms with Crippen LogP contribution in [0, 0.1) is 0 Å². The summed E-state index contributed by atoms with van der Waals surface area (Å²) in [5.41, 5.74) is 4.61. The molecule has 1 aromatic heterocycles. The van der Waals surface area contributed by atoms with Crippen molar-refractivity contribution in [2.45, 2.75) is 31.7 Å². The molecule has 0 saturated carbocycles. The lowest BCUT2D eigenvalue weighted by Crippen LogP contribution is -2.27. The molecule has 1 heterocycles. The number of aliphatic carboxylic acids is 1. The van der Waals surface area contributed by atoms with Gasteiger partial charge < -0.3 is 24.5 Å². The summed E-state index contributed by atoms with van der Waals surface area (Å²) in [4.78, 5) is 36.9. The Morgan fingerprint density at radius 1 is 0.971 bits per heavy atom. The number of carboxylic acids is 1. The number of carbonyl (C=O) groups excluding carboxylic acids is 2. The summed E-state index contributed by atoms with van der Waals surface area (Å²) >= 11 is 0. The molecule has 0 unspecified atom stereocenters. The SMILES string of the molecule is CN(CCCCC(=O)O)C(=O)c1ccc(CNC(=O)OCC2c3ccccc3-c3ccccc32)o1. The number of fused-ring (bicyclic) bond motifs is 3. The minimum absolute atomic E-state index is 0.0213. The molecular formula is C27H28N2O6. The molecule has 0 bridgehead atoms. The smallest absolute Gasteiger partial charge is 0.407 e. The fourth-order valence-corrected chi connectivity index (χ4v) is 4.31.